The lowest BCUT2D eigenvalue weighted by Gasteiger charge is -2.32. The normalized spacial score (nSPS) is 13.4. The minimum absolute atomic E-state index is 0.230. The molecule has 0 spiro atoms. The maximum Gasteiger partial charge on any atom is 0.414 e. The summed E-state index contributed by atoms with van der Waals surface area (Å²) in [6.45, 7) is 8.64. The van der Waals surface area contributed by atoms with E-state index in [0.29, 0.717) is 24.3 Å². The fraction of sp³-hybridized carbons (Fsp3) is 0.346. The van der Waals surface area contributed by atoms with Crippen molar-refractivity contribution in [3.8, 4) is 0 Å². The predicted octanol–water partition coefficient (Wildman–Crippen LogP) is 5.18. The number of aromatic nitrogens is 2. The number of fused-ring (bicyclic) bond motifs is 1. The smallest absolute Gasteiger partial charge is 0.414 e. The van der Waals surface area contributed by atoms with Crippen LogP contribution < -0.4 is 10.2 Å². The number of carbonyl (C=O) groups excluding carboxylic acids is 2. The Balaban J connectivity index is 1.51. The van der Waals surface area contributed by atoms with Gasteiger partial charge in [0.15, 0.2) is 0 Å². The molecule has 3 aromatic rings. The highest BCUT2D eigenvalue weighted by Gasteiger charge is 2.27. The van der Waals surface area contributed by atoms with Gasteiger partial charge >= 0.3 is 6.09 Å². The Morgan fingerprint density at radius 1 is 1.12 bits per heavy atom. The van der Waals surface area contributed by atoms with E-state index in [1.807, 2.05) is 80.9 Å². The molecule has 0 bridgehead atoms. The number of amides is 2. The Bertz CT molecular complexity index is 1160. The summed E-state index contributed by atoms with van der Waals surface area (Å²) in [6.07, 6.45) is 2.98. The lowest BCUT2D eigenvalue weighted by molar-refractivity contribution is 0.0577. The van der Waals surface area contributed by atoms with E-state index in [4.69, 9.17) is 4.74 Å². The molecule has 4 rings (SSSR count). The van der Waals surface area contributed by atoms with Crippen molar-refractivity contribution >= 4 is 23.4 Å². The molecule has 0 unspecified atom stereocenters. The van der Waals surface area contributed by atoms with E-state index in [9.17, 15) is 9.59 Å². The van der Waals surface area contributed by atoms with Gasteiger partial charge in [-0.05, 0) is 63.8 Å². The zero-order chi connectivity index (χ0) is 23.6. The number of benzene rings is 2. The highest BCUT2D eigenvalue weighted by atomic mass is 16.6. The Hall–Kier alpha value is -3.61. The Morgan fingerprint density at radius 2 is 1.88 bits per heavy atom. The van der Waals surface area contributed by atoms with Crippen LogP contribution in [0.5, 0.6) is 0 Å². The molecule has 0 saturated heterocycles. The van der Waals surface area contributed by atoms with Crippen LogP contribution in [0.25, 0.3) is 0 Å². The third-order valence-corrected chi connectivity index (χ3v) is 5.60. The van der Waals surface area contributed by atoms with E-state index in [-0.39, 0.29) is 12.0 Å². The number of anilines is 2. The third kappa shape index (κ3) is 5.25. The molecule has 2 amide bonds. The van der Waals surface area contributed by atoms with E-state index >= 15 is 0 Å². The zero-order valence-electron chi connectivity index (χ0n) is 19.6. The standard InChI is InChI=1S/C26H30N4O3/c1-18-22(16-27-30(18)17-19-9-6-5-7-10-19)24(31)28-21-13-12-20-11-8-14-29(23(20)15-21)25(32)33-26(2,3)4/h5-7,9-10,12-13,15-16H,8,11,14,17H2,1-4H3,(H,28,31). The van der Waals surface area contributed by atoms with Gasteiger partial charge in [0, 0.05) is 17.9 Å². The van der Waals surface area contributed by atoms with Crippen LogP contribution in [0.1, 0.15) is 54.4 Å². The summed E-state index contributed by atoms with van der Waals surface area (Å²) in [5.41, 5.74) is 4.34. The van der Waals surface area contributed by atoms with E-state index in [2.05, 4.69) is 10.4 Å². The fourth-order valence-corrected chi connectivity index (χ4v) is 3.94. The van der Waals surface area contributed by atoms with Crippen molar-refractivity contribution in [1.82, 2.24) is 9.78 Å². The number of hydrogen-bond acceptors (Lipinski definition) is 4. The second kappa shape index (κ2) is 9.10. The van der Waals surface area contributed by atoms with Crippen molar-refractivity contribution in [1.29, 1.82) is 0 Å². The van der Waals surface area contributed by atoms with Crippen LogP contribution in [-0.4, -0.2) is 33.9 Å². The highest BCUT2D eigenvalue weighted by Crippen LogP contribution is 2.31. The molecule has 1 aromatic heterocycles. The van der Waals surface area contributed by atoms with Crippen LogP contribution in [0, 0.1) is 6.92 Å². The van der Waals surface area contributed by atoms with Crippen molar-refractivity contribution < 1.29 is 14.3 Å². The average Bonchev–Trinajstić information content (AvgIpc) is 3.13. The second-order valence-corrected chi connectivity index (χ2v) is 9.32. The van der Waals surface area contributed by atoms with Gasteiger partial charge in [0.2, 0.25) is 0 Å². The topological polar surface area (TPSA) is 76.5 Å². The summed E-state index contributed by atoms with van der Waals surface area (Å²) in [7, 11) is 0. The first kappa shape index (κ1) is 22.6. The second-order valence-electron chi connectivity index (χ2n) is 9.32. The molecule has 2 heterocycles. The molecule has 0 fully saturated rings. The van der Waals surface area contributed by atoms with Gasteiger partial charge in [0.05, 0.1) is 24.0 Å². The van der Waals surface area contributed by atoms with Crippen molar-refractivity contribution in [3.05, 3.63) is 77.1 Å². The van der Waals surface area contributed by atoms with E-state index in [0.717, 1.165) is 35.3 Å². The summed E-state index contributed by atoms with van der Waals surface area (Å²) in [4.78, 5) is 27.4. The van der Waals surface area contributed by atoms with Gasteiger partial charge in [-0.3, -0.25) is 14.4 Å². The molecule has 33 heavy (non-hydrogen) atoms. The van der Waals surface area contributed by atoms with Crippen LogP contribution in [0.3, 0.4) is 0 Å². The van der Waals surface area contributed by atoms with Crippen LogP contribution >= 0.6 is 0 Å². The van der Waals surface area contributed by atoms with Gasteiger partial charge in [-0.25, -0.2) is 4.79 Å². The van der Waals surface area contributed by atoms with E-state index in [1.165, 1.54) is 0 Å². The molecule has 0 radical (unpaired) electrons. The summed E-state index contributed by atoms with van der Waals surface area (Å²) < 4.78 is 7.40. The van der Waals surface area contributed by atoms with Crippen molar-refractivity contribution in [2.75, 3.05) is 16.8 Å². The number of nitrogens with one attached hydrogen (secondary N) is 1. The van der Waals surface area contributed by atoms with Crippen LogP contribution in [0.15, 0.2) is 54.7 Å². The van der Waals surface area contributed by atoms with Crippen LogP contribution in [0.2, 0.25) is 0 Å². The van der Waals surface area contributed by atoms with Crippen molar-refractivity contribution in [2.24, 2.45) is 0 Å². The first-order valence-electron chi connectivity index (χ1n) is 11.2. The number of ether oxygens (including phenoxy) is 1. The average molecular weight is 447 g/mol. The lowest BCUT2D eigenvalue weighted by Crippen LogP contribution is -2.39. The van der Waals surface area contributed by atoms with Gasteiger partial charge in [-0.2, -0.15) is 5.10 Å². The van der Waals surface area contributed by atoms with Gasteiger partial charge in [-0.15, -0.1) is 0 Å². The van der Waals surface area contributed by atoms with Gasteiger partial charge < -0.3 is 10.1 Å². The van der Waals surface area contributed by atoms with Crippen molar-refractivity contribution in [2.45, 2.75) is 52.7 Å². The van der Waals surface area contributed by atoms with E-state index < -0.39 is 5.60 Å². The summed E-state index contributed by atoms with van der Waals surface area (Å²) in [6, 6.07) is 15.7. The predicted molar refractivity (Wildman–Crippen MR) is 129 cm³/mol. The molecule has 7 nitrogen and oxygen atoms in total. The summed E-state index contributed by atoms with van der Waals surface area (Å²) in [5, 5.41) is 7.36. The lowest BCUT2D eigenvalue weighted by atomic mass is 10.0. The molecule has 7 heteroatoms. The molecule has 0 saturated carbocycles. The number of aryl methyl sites for hydroxylation is 1. The maximum atomic E-state index is 13.0. The van der Waals surface area contributed by atoms with Crippen LogP contribution in [-0.2, 0) is 17.7 Å². The van der Waals surface area contributed by atoms with Gasteiger partial charge in [0.1, 0.15) is 5.60 Å². The SMILES string of the molecule is Cc1c(C(=O)Nc2ccc3c(c2)N(C(=O)OC(C)(C)C)CCC3)cnn1Cc1ccccc1. The minimum atomic E-state index is -0.571. The van der Waals surface area contributed by atoms with Gasteiger partial charge in [-0.1, -0.05) is 36.4 Å². The first-order chi connectivity index (χ1) is 15.7. The van der Waals surface area contributed by atoms with Crippen LogP contribution in [0.4, 0.5) is 16.2 Å². The summed E-state index contributed by atoms with van der Waals surface area (Å²) in [5.74, 6) is -0.230. The molecule has 0 aliphatic carbocycles. The molecule has 0 atom stereocenters. The Labute approximate surface area is 194 Å². The molecular weight excluding hydrogens is 416 g/mol. The molecule has 2 aromatic carbocycles. The Kier molecular flexibility index (Phi) is 6.22. The maximum absolute atomic E-state index is 13.0. The quantitative estimate of drug-likeness (QED) is 0.599. The zero-order valence-corrected chi connectivity index (χ0v) is 19.6. The number of nitrogens with zero attached hydrogens (tertiary/aromatic N) is 3. The monoisotopic (exact) mass is 446 g/mol. The molecule has 1 aliphatic rings. The molecule has 1 aliphatic heterocycles. The summed E-state index contributed by atoms with van der Waals surface area (Å²) >= 11 is 0. The fourth-order valence-electron chi connectivity index (χ4n) is 3.94. The first-order valence-corrected chi connectivity index (χ1v) is 11.2. The molecular formula is C26H30N4O3. The molecule has 172 valence electrons. The van der Waals surface area contributed by atoms with Gasteiger partial charge in [0.25, 0.3) is 5.91 Å². The largest absolute Gasteiger partial charge is 0.443 e. The van der Waals surface area contributed by atoms with E-state index in [1.54, 1.807) is 11.1 Å². The Morgan fingerprint density at radius 3 is 2.61 bits per heavy atom. The number of hydrogen-bond donors (Lipinski definition) is 1. The number of carbonyl (C=O) groups is 2. The number of rotatable bonds is 4. The minimum Gasteiger partial charge on any atom is -0.443 e. The third-order valence-electron chi connectivity index (χ3n) is 5.60. The van der Waals surface area contributed by atoms with Crippen molar-refractivity contribution in [3.63, 3.8) is 0 Å². The highest BCUT2D eigenvalue weighted by molar-refractivity contribution is 6.05. The molecule has 1 N–H and O–H groups in total.